The number of urea groups is 1. The van der Waals surface area contributed by atoms with Crippen LogP contribution in [-0.2, 0) is 13.0 Å². The zero-order chi connectivity index (χ0) is 14.5. The van der Waals surface area contributed by atoms with Gasteiger partial charge in [0.05, 0.1) is 0 Å². The van der Waals surface area contributed by atoms with Crippen LogP contribution in [-0.4, -0.2) is 35.2 Å². The van der Waals surface area contributed by atoms with E-state index in [2.05, 4.69) is 5.32 Å². The standard InChI is InChI=1S/C15H21ClN2O2/c1-11(3-2-8-19)17-15(20)18-7-6-12-4-5-14(16)9-13(12)10-18/h4-5,9,11,19H,2-3,6-8,10H2,1H3,(H,17,20). The van der Waals surface area contributed by atoms with Gasteiger partial charge in [-0.25, -0.2) is 4.79 Å². The molecule has 0 saturated heterocycles. The van der Waals surface area contributed by atoms with Crippen LogP contribution in [0.2, 0.25) is 5.02 Å². The summed E-state index contributed by atoms with van der Waals surface area (Å²) in [5, 5.41) is 12.5. The maximum atomic E-state index is 12.2. The van der Waals surface area contributed by atoms with Crippen molar-refractivity contribution in [1.29, 1.82) is 0 Å². The quantitative estimate of drug-likeness (QED) is 0.897. The third-order valence-corrected chi connectivity index (χ3v) is 3.87. The topological polar surface area (TPSA) is 52.6 Å². The number of carbonyl (C=O) groups excluding carboxylic acids is 1. The van der Waals surface area contributed by atoms with Crippen molar-refractivity contribution in [3.8, 4) is 0 Å². The zero-order valence-corrected chi connectivity index (χ0v) is 12.5. The van der Waals surface area contributed by atoms with Gasteiger partial charge >= 0.3 is 6.03 Å². The fraction of sp³-hybridized carbons (Fsp3) is 0.533. The summed E-state index contributed by atoms with van der Waals surface area (Å²) in [5.74, 6) is 0. The predicted octanol–water partition coefficient (Wildman–Crippen LogP) is 2.57. The van der Waals surface area contributed by atoms with Crippen LogP contribution in [0.5, 0.6) is 0 Å². The van der Waals surface area contributed by atoms with E-state index in [0.717, 1.165) is 24.9 Å². The van der Waals surface area contributed by atoms with E-state index in [4.69, 9.17) is 16.7 Å². The summed E-state index contributed by atoms with van der Waals surface area (Å²) in [7, 11) is 0. The van der Waals surface area contributed by atoms with Crippen molar-refractivity contribution in [2.75, 3.05) is 13.2 Å². The van der Waals surface area contributed by atoms with Crippen LogP contribution in [0, 0.1) is 0 Å². The minimum absolute atomic E-state index is 0.0407. The number of nitrogens with zero attached hydrogens (tertiary/aromatic N) is 1. The summed E-state index contributed by atoms with van der Waals surface area (Å²) in [6.07, 6.45) is 2.36. The highest BCUT2D eigenvalue weighted by molar-refractivity contribution is 6.30. The van der Waals surface area contributed by atoms with Crippen LogP contribution in [0.3, 0.4) is 0 Å². The Kier molecular flexibility index (Phi) is 5.26. The second-order valence-electron chi connectivity index (χ2n) is 5.30. The van der Waals surface area contributed by atoms with Gasteiger partial charge in [-0.15, -0.1) is 0 Å². The molecule has 1 heterocycles. The van der Waals surface area contributed by atoms with E-state index in [1.165, 1.54) is 5.56 Å². The molecule has 1 aromatic rings. The Hall–Kier alpha value is -1.26. The van der Waals surface area contributed by atoms with Crippen LogP contribution in [0.15, 0.2) is 18.2 Å². The van der Waals surface area contributed by atoms with E-state index in [1.807, 2.05) is 30.0 Å². The number of aliphatic hydroxyl groups is 1. The average Bonchev–Trinajstić information content (AvgIpc) is 2.44. The molecule has 0 spiro atoms. The number of nitrogens with one attached hydrogen (secondary N) is 1. The van der Waals surface area contributed by atoms with Gasteiger partial charge < -0.3 is 15.3 Å². The normalized spacial score (nSPS) is 15.7. The van der Waals surface area contributed by atoms with Crippen molar-refractivity contribution in [1.82, 2.24) is 10.2 Å². The molecule has 0 aliphatic carbocycles. The first-order valence-electron chi connectivity index (χ1n) is 7.03. The van der Waals surface area contributed by atoms with E-state index >= 15 is 0 Å². The molecule has 2 N–H and O–H groups in total. The molecule has 1 aliphatic rings. The van der Waals surface area contributed by atoms with E-state index in [-0.39, 0.29) is 18.7 Å². The van der Waals surface area contributed by atoms with Gasteiger partial charge in [-0.2, -0.15) is 0 Å². The highest BCUT2D eigenvalue weighted by atomic mass is 35.5. The molecule has 110 valence electrons. The number of hydrogen-bond donors (Lipinski definition) is 2. The highest BCUT2D eigenvalue weighted by Gasteiger charge is 2.21. The molecule has 1 aliphatic heterocycles. The second-order valence-corrected chi connectivity index (χ2v) is 5.74. The number of halogens is 1. The first-order valence-corrected chi connectivity index (χ1v) is 7.41. The molecule has 1 atom stereocenters. The monoisotopic (exact) mass is 296 g/mol. The van der Waals surface area contributed by atoms with Crippen LogP contribution in [0.1, 0.15) is 30.9 Å². The van der Waals surface area contributed by atoms with E-state index < -0.39 is 0 Å². The fourth-order valence-corrected chi connectivity index (χ4v) is 2.67. The Labute approximate surface area is 124 Å². The summed E-state index contributed by atoms with van der Waals surface area (Å²) in [6.45, 7) is 3.46. The Morgan fingerprint density at radius 1 is 1.50 bits per heavy atom. The van der Waals surface area contributed by atoms with Crippen molar-refractivity contribution in [3.63, 3.8) is 0 Å². The number of aliphatic hydroxyl groups excluding tert-OH is 1. The van der Waals surface area contributed by atoms with Crippen LogP contribution in [0.25, 0.3) is 0 Å². The summed E-state index contributed by atoms with van der Waals surface area (Å²) in [6, 6.07) is 5.91. The molecule has 0 saturated carbocycles. The van der Waals surface area contributed by atoms with Crippen molar-refractivity contribution in [2.24, 2.45) is 0 Å². The molecular weight excluding hydrogens is 276 g/mol. The zero-order valence-electron chi connectivity index (χ0n) is 11.7. The van der Waals surface area contributed by atoms with E-state index in [9.17, 15) is 4.79 Å². The van der Waals surface area contributed by atoms with Crippen molar-refractivity contribution >= 4 is 17.6 Å². The maximum absolute atomic E-state index is 12.2. The Morgan fingerprint density at radius 3 is 3.05 bits per heavy atom. The van der Waals surface area contributed by atoms with Gasteiger partial charge in [0.1, 0.15) is 0 Å². The third-order valence-electron chi connectivity index (χ3n) is 3.63. The average molecular weight is 297 g/mol. The first kappa shape index (κ1) is 15.1. The first-order chi connectivity index (χ1) is 9.60. The number of benzene rings is 1. The largest absolute Gasteiger partial charge is 0.396 e. The van der Waals surface area contributed by atoms with Gasteiger partial charge in [0, 0.05) is 30.8 Å². The van der Waals surface area contributed by atoms with Crippen molar-refractivity contribution in [3.05, 3.63) is 34.3 Å². The summed E-state index contributed by atoms with van der Waals surface area (Å²) >= 11 is 6.00. The number of fused-ring (bicyclic) bond motifs is 1. The molecule has 1 unspecified atom stereocenters. The molecule has 0 aromatic heterocycles. The SMILES string of the molecule is CC(CCCO)NC(=O)N1CCc2ccc(Cl)cc2C1. The minimum Gasteiger partial charge on any atom is -0.396 e. The Morgan fingerprint density at radius 2 is 2.30 bits per heavy atom. The molecule has 2 amide bonds. The summed E-state index contributed by atoms with van der Waals surface area (Å²) < 4.78 is 0. The molecule has 2 rings (SSSR count). The molecule has 0 radical (unpaired) electrons. The Bertz CT molecular complexity index is 479. The van der Waals surface area contributed by atoms with Gasteiger partial charge in [-0.1, -0.05) is 17.7 Å². The van der Waals surface area contributed by atoms with Gasteiger partial charge in [-0.3, -0.25) is 0 Å². The summed E-state index contributed by atoms with van der Waals surface area (Å²) in [5.41, 5.74) is 2.40. The predicted molar refractivity (Wildman–Crippen MR) is 79.9 cm³/mol. The van der Waals surface area contributed by atoms with Crippen LogP contribution < -0.4 is 5.32 Å². The number of amides is 2. The van der Waals surface area contributed by atoms with E-state index in [0.29, 0.717) is 18.0 Å². The van der Waals surface area contributed by atoms with Crippen LogP contribution >= 0.6 is 11.6 Å². The lowest BCUT2D eigenvalue weighted by atomic mass is 10.0. The molecule has 20 heavy (non-hydrogen) atoms. The van der Waals surface area contributed by atoms with Crippen LogP contribution in [0.4, 0.5) is 4.79 Å². The smallest absolute Gasteiger partial charge is 0.317 e. The van der Waals surface area contributed by atoms with Gasteiger partial charge in [-0.05, 0) is 49.4 Å². The van der Waals surface area contributed by atoms with Crippen molar-refractivity contribution in [2.45, 2.75) is 38.8 Å². The number of carbonyl (C=O) groups is 1. The fourth-order valence-electron chi connectivity index (χ4n) is 2.47. The summed E-state index contributed by atoms with van der Waals surface area (Å²) in [4.78, 5) is 14.0. The second kappa shape index (κ2) is 6.95. The van der Waals surface area contributed by atoms with E-state index in [1.54, 1.807) is 0 Å². The van der Waals surface area contributed by atoms with Gasteiger partial charge in [0.2, 0.25) is 0 Å². The van der Waals surface area contributed by atoms with Gasteiger partial charge in [0.25, 0.3) is 0 Å². The molecule has 0 fully saturated rings. The highest BCUT2D eigenvalue weighted by Crippen LogP contribution is 2.22. The van der Waals surface area contributed by atoms with Crippen molar-refractivity contribution < 1.29 is 9.90 Å². The lowest BCUT2D eigenvalue weighted by Crippen LogP contribution is -2.45. The molecular formula is C15H21ClN2O2. The molecule has 4 nitrogen and oxygen atoms in total. The maximum Gasteiger partial charge on any atom is 0.317 e. The molecule has 0 bridgehead atoms. The Balaban J connectivity index is 1.93. The lowest BCUT2D eigenvalue weighted by Gasteiger charge is -2.30. The third kappa shape index (κ3) is 3.87. The molecule has 5 heteroatoms. The number of hydrogen-bond acceptors (Lipinski definition) is 2. The number of rotatable bonds is 4. The minimum atomic E-state index is -0.0407. The van der Waals surface area contributed by atoms with Gasteiger partial charge in [0.15, 0.2) is 0 Å². The lowest BCUT2D eigenvalue weighted by molar-refractivity contribution is 0.187. The molecule has 1 aromatic carbocycles.